The standard InChI is InChI=1S/C19H25N5O4.ClH/c1-27-15-8-13(9-16(10-15)28-2)22-18(25)12-21-19(26)17-5-7-24(23-17)14-4-3-6-20-11-14;/h5,7-10,14,20H,3-4,6,11-12H2,1-2H3,(H,21,26)(H,22,25);1H. The van der Waals surface area contributed by atoms with Gasteiger partial charge in [0.05, 0.1) is 26.8 Å². The number of carbonyl (C=O) groups is 2. The van der Waals surface area contributed by atoms with Gasteiger partial charge in [-0.05, 0) is 25.5 Å². The Balaban J connectivity index is 0.00000300. The minimum absolute atomic E-state index is 0. The molecule has 0 aliphatic carbocycles. The smallest absolute Gasteiger partial charge is 0.272 e. The fourth-order valence-electron chi connectivity index (χ4n) is 3.06. The van der Waals surface area contributed by atoms with Crippen molar-refractivity contribution < 1.29 is 19.1 Å². The highest BCUT2D eigenvalue weighted by Gasteiger charge is 2.18. The summed E-state index contributed by atoms with van der Waals surface area (Å²) in [4.78, 5) is 24.4. The van der Waals surface area contributed by atoms with E-state index in [0.29, 0.717) is 22.9 Å². The van der Waals surface area contributed by atoms with Crippen molar-refractivity contribution in [3.8, 4) is 11.5 Å². The first kappa shape index (κ1) is 22.5. The number of nitrogens with one attached hydrogen (secondary N) is 3. The number of nitrogens with zero attached hydrogens (tertiary/aromatic N) is 2. The molecular weight excluding hydrogens is 398 g/mol. The second-order valence-electron chi connectivity index (χ2n) is 6.51. The number of benzene rings is 1. The minimum atomic E-state index is -0.388. The van der Waals surface area contributed by atoms with Gasteiger partial charge in [-0.15, -0.1) is 12.4 Å². The quantitative estimate of drug-likeness (QED) is 0.624. The third-order valence-corrected chi connectivity index (χ3v) is 4.53. The fraction of sp³-hybridized carbons (Fsp3) is 0.421. The van der Waals surface area contributed by atoms with E-state index < -0.39 is 0 Å². The molecule has 1 saturated heterocycles. The van der Waals surface area contributed by atoms with Crippen LogP contribution >= 0.6 is 12.4 Å². The SMILES string of the molecule is COc1cc(NC(=O)CNC(=O)c2ccn(C3CCCNC3)n2)cc(OC)c1.Cl. The lowest BCUT2D eigenvalue weighted by Crippen LogP contribution is -2.34. The van der Waals surface area contributed by atoms with Gasteiger partial charge in [0.2, 0.25) is 5.91 Å². The molecule has 9 nitrogen and oxygen atoms in total. The number of carbonyl (C=O) groups excluding carboxylic acids is 2. The topological polar surface area (TPSA) is 107 Å². The van der Waals surface area contributed by atoms with E-state index in [-0.39, 0.29) is 36.8 Å². The molecule has 0 bridgehead atoms. The molecule has 0 spiro atoms. The van der Waals surface area contributed by atoms with Crippen LogP contribution in [0.15, 0.2) is 30.5 Å². The molecule has 1 fully saturated rings. The van der Waals surface area contributed by atoms with E-state index in [4.69, 9.17) is 9.47 Å². The lowest BCUT2D eigenvalue weighted by atomic mass is 10.1. The van der Waals surface area contributed by atoms with E-state index >= 15 is 0 Å². The lowest BCUT2D eigenvalue weighted by Gasteiger charge is -2.22. The molecule has 3 rings (SSSR count). The van der Waals surface area contributed by atoms with Crippen LogP contribution in [-0.4, -0.2) is 55.4 Å². The first-order valence-corrected chi connectivity index (χ1v) is 9.16. The average Bonchev–Trinajstić information content (AvgIpc) is 3.22. The summed E-state index contributed by atoms with van der Waals surface area (Å²) in [6.45, 7) is 1.69. The molecule has 2 heterocycles. The number of halogens is 1. The molecule has 1 unspecified atom stereocenters. The summed E-state index contributed by atoms with van der Waals surface area (Å²) in [5, 5.41) is 13.0. The Labute approximate surface area is 175 Å². The summed E-state index contributed by atoms with van der Waals surface area (Å²) in [6.07, 6.45) is 3.92. The highest BCUT2D eigenvalue weighted by Crippen LogP contribution is 2.25. The number of hydrogen-bond acceptors (Lipinski definition) is 6. The average molecular weight is 424 g/mol. The predicted octanol–water partition coefficient (Wildman–Crippen LogP) is 1.62. The van der Waals surface area contributed by atoms with Gasteiger partial charge >= 0.3 is 0 Å². The van der Waals surface area contributed by atoms with Crippen LogP contribution in [0.1, 0.15) is 29.4 Å². The van der Waals surface area contributed by atoms with Gasteiger partial charge in [0.15, 0.2) is 0 Å². The maximum atomic E-state index is 12.3. The zero-order valence-electron chi connectivity index (χ0n) is 16.4. The number of hydrogen-bond donors (Lipinski definition) is 3. The van der Waals surface area contributed by atoms with Crippen molar-refractivity contribution in [2.45, 2.75) is 18.9 Å². The summed E-state index contributed by atoms with van der Waals surface area (Å²) >= 11 is 0. The van der Waals surface area contributed by atoms with E-state index in [0.717, 1.165) is 25.9 Å². The zero-order chi connectivity index (χ0) is 19.9. The van der Waals surface area contributed by atoms with Crippen molar-refractivity contribution >= 4 is 29.9 Å². The number of rotatable bonds is 7. The van der Waals surface area contributed by atoms with E-state index in [1.54, 1.807) is 30.5 Å². The molecule has 2 aromatic rings. The number of methoxy groups -OCH3 is 2. The number of piperidine rings is 1. The zero-order valence-corrected chi connectivity index (χ0v) is 17.3. The van der Waals surface area contributed by atoms with E-state index in [1.165, 1.54) is 14.2 Å². The Morgan fingerprint density at radius 2 is 1.97 bits per heavy atom. The Hall–Kier alpha value is -2.78. The van der Waals surface area contributed by atoms with Crippen LogP contribution < -0.4 is 25.4 Å². The first-order valence-electron chi connectivity index (χ1n) is 9.16. The predicted molar refractivity (Wildman–Crippen MR) is 111 cm³/mol. The van der Waals surface area contributed by atoms with E-state index in [2.05, 4.69) is 21.0 Å². The van der Waals surface area contributed by atoms with Crippen LogP contribution in [-0.2, 0) is 4.79 Å². The van der Waals surface area contributed by atoms with Crippen LogP contribution in [0.5, 0.6) is 11.5 Å². The second-order valence-corrected chi connectivity index (χ2v) is 6.51. The highest BCUT2D eigenvalue weighted by atomic mass is 35.5. The van der Waals surface area contributed by atoms with Crippen molar-refractivity contribution in [2.75, 3.05) is 39.2 Å². The van der Waals surface area contributed by atoms with Gasteiger partial charge in [-0.3, -0.25) is 14.3 Å². The van der Waals surface area contributed by atoms with E-state index in [9.17, 15) is 9.59 Å². The normalized spacial score (nSPS) is 15.7. The molecule has 158 valence electrons. The van der Waals surface area contributed by atoms with Gasteiger partial charge in [-0.2, -0.15) is 5.10 Å². The summed E-state index contributed by atoms with van der Waals surface area (Å²) in [5.41, 5.74) is 0.811. The summed E-state index contributed by atoms with van der Waals surface area (Å²) in [6, 6.07) is 6.95. The second kappa shape index (κ2) is 10.7. The molecule has 3 N–H and O–H groups in total. The maximum Gasteiger partial charge on any atom is 0.272 e. The number of amides is 2. The number of ether oxygens (including phenoxy) is 2. The van der Waals surface area contributed by atoms with Crippen LogP contribution in [0.25, 0.3) is 0 Å². The van der Waals surface area contributed by atoms with E-state index in [1.807, 2.05) is 4.68 Å². The Kier molecular flexibility index (Phi) is 8.29. The highest BCUT2D eigenvalue weighted by molar-refractivity contribution is 5.98. The van der Waals surface area contributed by atoms with Crippen molar-refractivity contribution in [1.29, 1.82) is 0 Å². The lowest BCUT2D eigenvalue weighted by molar-refractivity contribution is -0.115. The van der Waals surface area contributed by atoms with Crippen molar-refractivity contribution in [3.05, 3.63) is 36.2 Å². The van der Waals surface area contributed by atoms with Crippen LogP contribution in [0.3, 0.4) is 0 Å². The largest absolute Gasteiger partial charge is 0.497 e. The fourth-order valence-corrected chi connectivity index (χ4v) is 3.06. The summed E-state index contributed by atoms with van der Waals surface area (Å²) in [7, 11) is 3.06. The summed E-state index contributed by atoms with van der Waals surface area (Å²) in [5.74, 6) is 0.364. The van der Waals surface area contributed by atoms with Gasteiger partial charge in [0.1, 0.15) is 17.2 Å². The Morgan fingerprint density at radius 1 is 1.24 bits per heavy atom. The third kappa shape index (κ3) is 6.10. The molecule has 0 saturated carbocycles. The molecule has 1 aliphatic rings. The molecule has 1 aliphatic heterocycles. The van der Waals surface area contributed by atoms with Gasteiger partial charge < -0.3 is 25.4 Å². The molecular formula is C19H26ClN5O4. The Morgan fingerprint density at radius 3 is 2.59 bits per heavy atom. The van der Waals surface area contributed by atoms with Gasteiger partial charge in [-0.1, -0.05) is 0 Å². The molecule has 10 heteroatoms. The number of aromatic nitrogens is 2. The minimum Gasteiger partial charge on any atom is -0.497 e. The van der Waals surface area contributed by atoms with Gasteiger partial charge in [0, 0.05) is 36.6 Å². The molecule has 1 aromatic heterocycles. The molecule has 2 amide bonds. The third-order valence-electron chi connectivity index (χ3n) is 4.53. The van der Waals surface area contributed by atoms with Crippen LogP contribution in [0.4, 0.5) is 5.69 Å². The van der Waals surface area contributed by atoms with Crippen LogP contribution in [0.2, 0.25) is 0 Å². The van der Waals surface area contributed by atoms with Crippen molar-refractivity contribution in [3.63, 3.8) is 0 Å². The maximum absolute atomic E-state index is 12.3. The van der Waals surface area contributed by atoms with Gasteiger partial charge in [0.25, 0.3) is 5.91 Å². The molecule has 1 aromatic carbocycles. The van der Waals surface area contributed by atoms with Crippen LogP contribution in [0, 0.1) is 0 Å². The monoisotopic (exact) mass is 423 g/mol. The number of anilines is 1. The van der Waals surface area contributed by atoms with Crippen molar-refractivity contribution in [1.82, 2.24) is 20.4 Å². The molecule has 0 radical (unpaired) electrons. The summed E-state index contributed by atoms with van der Waals surface area (Å²) < 4.78 is 12.2. The Bertz CT molecular complexity index is 814. The van der Waals surface area contributed by atoms with Crippen molar-refractivity contribution in [2.24, 2.45) is 0 Å². The first-order chi connectivity index (χ1) is 13.6. The molecule has 1 atom stereocenters. The van der Waals surface area contributed by atoms with Gasteiger partial charge in [-0.25, -0.2) is 0 Å². The molecule has 29 heavy (non-hydrogen) atoms.